The molecule has 25 heavy (non-hydrogen) atoms. The number of nitrogens with zero attached hydrogens (tertiary/aromatic N) is 5. The fourth-order valence-corrected chi connectivity index (χ4v) is 4.27. The third-order valence-electron chi connectivity index (χ3n) is 5.62. The van der Waals surface area contributed by atoms with Crippen molar-refractivity contribution in [3.63, 3.8) is 0 Å². The molecule has 0 unspecified atom stereocenters. The minimum atomic E-state index is 0.232. The summed E-state index contributed by atoms with van der Waals surface area (Å²) in [5, 5.41) is 12.1. The van der Waals surface area contributed by atoms with Gasteiger partial charge < -0.3 is 10.1 Å². The molecular formula is C18H22N6O. The van der Waals surface area contributed by atoms with Crippen molar-refractivity contribution < 1.29 is 4.74 Å². The monoisotopic (exact) mass is 338 g/mol. The van der Waals surface area contributed by atoms with Crippen LogP contribution in [0.5, 0.6) is 5.88 Å². The molecule has 2 aliphatic rings. The van der Waals surface area contributed by atoms with Gasteiger partial charge in [0.15, 0.2) is 0 Å². The number of aryl methyl sites for hydroxylation is 1. The van der Waals surface area contributed by atoms with E-state index in [1.165, 1.54) is 12.8 Å². The number of hydrogen-bond donors (Lipinski definition) is 1. The molecule has 3 aromatic heterocycles. The highest BCUT2D eigenvalue weighted by atomic mass is 16.5. The Morgan fingerprint density at radius 2 is 2.24 bits per heavy atom. The lowest BCUT2D eigenvalue weighted by atomic mass is 9.85. The van der Waals surface area contributed by atoms with Crippen molar-refractivity contribution in [3.8, 4) is 17.1 Å². The van der Waals surface area contributed by atoms with E-state index in [-0.39, 0.29) is 6.10 Å². The quantitative estimate of drug-likeness (QED) is 0.791. The lowest BCUT2D eigenvalue weighted by Gasteiger charge is -2.21. The van der Waals surface area contributed by atoms with Crippen molar-refractivity contribution in [2.75, 3.05) is 13.1 Å². The highest BCUT2D eigenvalue weighted by Crippen LogP contribution is 2.44. The number of ether oxygens (including phenoxy) is 1. The van der Waals surface area contributed by atoms with E-state index < -0.39 is 0 Å². The highest BCUT2D eigenvalue weighted by Gasteiger charge is 2.42. The fraction of sp³-hybridized carbons (Fsp3) is 0.500. The van der Waals surface area contributed by atoms with Crippen LogP contribution in [-0.4, -0.2) is 43.6 Å². The van der Waals surface area contributed by atoms with Gasteiger partial charge in [-0.2, -0.15) is 10.2 Å². The van der Waals surface area contributed by atoms with Gasteiger partial charge in [-0.1, -0.05) is 0 Å². The number of hydrogen-bond acceptors (Lipinski definition) is 5. The molecule has 0 radical (unpaired) electrons. The summed E-state index contributed by atoms with van der Waals surface area (Å²) in [6.07, 6.45) is 12.4. The van der Waals surface area contributed by atoms with Crippen molar-refractivity contribution >= 4 is 5.52 Å². The summed E-state index contributed by atoms with van der Waals surface area (Å²) < 4.78 is 9.99. The van der Waals surface area contributed by atoms with Crippen LogP contribution < -0.4 is 10.1 Å². The van der Waals surface area contributed by atoms with Gasteiger partial charge in [0, 0.05) is 25.4 Å². The average Bonchev–Trinajstić information content (AvgIpc) is 3.37. The van der Waals surface area contributed by atoms with Crippen molar-refractivity contribution in [3.05, 3.63) is 30.9 Å². The molecule has 1 saturated heterocycles. The van der Waals surface area contributed by atoms with Crippen LogP contribution >= 0.6 is 0 Å². The zero-order valence-electron chi connectivity index (χ0n) is 14.4. The first kappa shape index (κ1) is 14.9. The fourth-order valence-electron chi connectivity index (χ4n) is 4.27. The summed E-state index contributed by atoms with van der Waals surface area (Å²) in [6.45, 7) is 2.26. The van der Waals surface area contributed by atoms with Gasteiger partial charge in [-0.25, -0.2) is 9.50 Å². The molecule has 1 aliphatic heterocycles. The van der Waals surface area contributed by atoms with E-state index in [2.05, 4.69) is 15.5 Å². The van der Waals surface area contributed by atoms with E-state index in [1.807, 2.05) is 36.2 Å². The van der Waals surface area contributed by atoms with E-state index in [9.17, 15) is 0 Å². The number of nitrogens with one attached hydrogen (secondary N) is 1. The van der Waals surface area contributed by atoms with Crippen LogP contribution in [0.15, 0.2) is 30.9 Å². The predicted octanol–water partition coefficient (Wildman–Crippen LogP) is 2.04. The first-order valence-corrected chi connectivity index (χ1v) is 8.92. The molecule has 2 atom stereocenters. The van der Waals surface area contributed by atoms with Crippen molar-refractivity contribution in [2.24, 2.45) is 12.5 Å². The SMILES string of the molecule is Cn1cc(-c2cn3nccc3c(O[C@@H]3CC[C@]4(CCNC4)C3)n2)cn1. The predicted molar refractivity (Wildman–Crippen MR) is 93.4 cm³/mol. The highest BCUT2D eigenvalue weighted by molar-refractivity contribution is 5.63. The summed E-state index contributed by atoms with van der Waals surface area (Å²) >= 11 is 0. The van der Waals surface area contributed by atoms with Crippen molar-refractivity contribution in [1.29, 1.82) is 0 Å². The Labute approximate surface area is 146 Å². The maximum atomic E-state index is 6.38. The number of fused-ring (bicyclic) bond motifs is 1. The lowest BCUT2D eigenvalue weighted by molar-refractivity contribution is 0.183. The Balaban J connectivity index is 1.47. The van der Waals surface area contributed by atoms with E-state index in [4.69, 9.17) is 9.72 Å². The van der Waals surface area contributed by atoms with Gasteiger partial charge in [-0.05, 0) is 43.7 Å². The second-order valence-corrected chi connectivity index (χ2v) is 7.40. The van der Waals surface area contributed by atoms with Crippen molar-refractivity contribution in [1.82, 2.24) is 29.7 Å². The molecule has 2 fully saturated rings. The maximum Gasteiger partial charge on any atom is 0.240 e. The number of aromatic nitrogens is 5. The Kier molecular flexibility index (Phi) is 3.31. The minimum absolute atomic E-state index is 0.232. The molecule has 130 valence electrons. The van der Waals surface area contributed by atoms with Crippen LogP contribution in [0.3, 0.4) is 0 Å². The second-order valence-electron chi connectivity index (χ2n) is 7.40. The van der Waals surface area contributed by atoms with Gasteiger partial charge in [0.05, 0.1) is 24.3 Å². The van der Waals surface area contributed by atoms with Crippen LogP contribution in [0, 0.1) is 5.41 Å². The van der Waals surface area contributed by atoms with Gasteiger partial charge in [0.1, 0.15) is 11.6 Å². The average molecular weight is 338 g/mol. The Morgan fingerprint density at radius 1 is 1.28 bits per heavy atom. The normalized spacial score (nSPS) is 26.0. The van der Waals surface area contributed by atoms with Crippen LogP contribution in [-0.2, 0) is 7.05 Å². The molecule has 0 amide bonds. The zero-order valence-corrected chi connectivity index (χ0v) is 14.4. The standard InChI is InChI=1S/C18H22N6O/c1-23-10-13(9-21-23)15-11-24-16(3-6-20-24)17(22-15)25-14-2-4-18(8-14)5-7-19-12-18/h3,6,9-11,14,19H,2,4-5,7-8,12H2,1H3/t14-,18+/m1/s1. The van der Waals surface area contributed by atoms with Crippen LogP contribution in [0.2, 0.25) is 0 Å². The van der Waals surface area contributed by atoms with E-state index in [0.717, 1.165) is 42.7 Å². The first-order chi connectivity index (χ1) is 12.2. The molecule has 7 heteroatoms. The maximum absolute atomic E-state index is 6.38. The molecule has 0 aromatic carbocycles. The molecule has 0 bridgehead atoms. The molecular weight excluding hydrogens is 316 g/mol. The Bertz CT molecular complexity index is 907. The molecule has 5 rings (SSSR count). The minimum Gasteiger partial charge on any atom is -0.473 e. The van der Waals surface area contributed by atoms with Gasteiger partial charge in [0.25, 0.3) is 0 Å². The third-order valence-corrected chi connectivity index (χ3v) is 5.62. The first-order valence-electron chi connectivity index (χ1n) is 8.92. The summed E-state index contributed by atoms with van der Waals surface area (Å²) in [5.74, 6) is 0.673. The van der Waals surface area contributed by atoms with Crippen molar-refractivity contribution in [2.45, 2.75) is 31.8 Å². The largest absolute Gasteiger partial charge is 0.473 e. The van der Waals surface area contributed by atoms with E-state index in [0.29, 0.717) is 11.3 Å². The Hall–Kier alpha value is -2.41. The summed E-state index contributed by atoms with van der Waals surface area (Å²) in [5.41, 5.74) is 3.14. The van der Waals surface area contributed by atoms with E-state index in [1.54, 1.807) is 10.9 Å². The molecule has 4 heterocycles. The molecule has 1 spiro atoms. The molecule has 7 nitrogen and oxygen atoms in total. The lowest BCUT2D eigenvalue weighted by Crippen LogP contribution is -2.23. The third kappa shape index (κ3) is 2.59. The topological polar surface area (TPSA) is 69.3 Å². The van der Waals surface area contributed by atoms with Crippen LogP contribution in [0.4, 0.5) is 0 Å². The molecule has 1 N–H and O–H groups in total. The van der Waals surface area contributed by atoms with Gasteiger partial charge >= 0.3 is 0 Å². The van der Waals surface area contributed by atoms with Gasteiger partial charge in [-0.3, -0.25) is 4.68 Å². The molecule has 1 aliphatic carbocycles. The number of rotatable bonds is 3. The zero-order chi connectivity index (χ0) is 16.9. The van der Waals surface area contributed by atoms with Gasteiger partial charge in [0.2, 0.25) is 5.88 Å². The molecule has 3 aromatic rings. The van der Waals surface area contributed by atoms with Crippen LogP contribution in [0.1, 0.15) is 25.7 Å². The summed E-state index contributed by atoms with van der Waals surface area (Å²) in [6, 6.07) is 1.96. The molecule has 1 saturated carbocycles. The second kappa shape index (κ2) is 5.56. The summed E-state index contributed by atoms with van der Waals surface area (Å²) in [7, 11) is 1.90. The van der Waals surface area contributed by atoms with Crippen LogP contribution in [0.25, 0.3) is 16.8 Å². The van der Waals surface area contributed by atoms with Gasteiger partial charge in [-0.15, -0.1) is 0 Å². The summed E-state index contributed by atoms with van der Waals surface area (Å²) in [4.78, 5) is 4.78. The van der Waals surface area contributed by atoms with E-state index >= 15 is 0 Å². The Morgan fingerprint density at radius 3 is 3.04 bits per heavy atom. The smallest absolute Gasteiger partial charge is 0.240 e.